The molecule has 6 heteroatoms. The van der Waals surface area contributed by atoms with Gasteiger partial charge in [-0.05, 0) is 50.1 Å². The fraction of sp³-hybridized carbons (Fsp3) is 0.278. The van der Waals surface area contributed by atoms with Crippen molar-refractivity contribution < 1.29 is 9.53 Å². The highest BCUT2D eigenvalue weighted by Gasteiger charge is 2.18. The first-order valence-corrected chi connectivity index (χ1v) is 8.22. The van der Waals surface area contributed by atoms with Crippen LogP contribution in [0.4, 0.5) is 0 Å². The molecule has 3 heterocycles. The molecule has 0 radical (unpaired) electrons. The molecule has 0 amide bonds. The number of imidazole rings is 1. The highest BCUT2D eigenvalue weighted by atomic mass is 35.5. The van der Waals surface area contributed by atoms with Crippen molar-refractivity contribution in [3.8, 4) is 5.75 Å². The van der Waals surface area contributed by atoms with E-state index in [1.807, 2.05) is 42.6 Å². The lowest BCUT2D eigenvalue weighted by Crippen LogP contribution is -2.07. The molecule has 0 fully saturated rings. The summed E-state index contributed by atoms with van der Waals surface area (Å²) in [6.45, 7) is 4.32. The molecular weight excluding hydrogens is 326 g/mol. The number of hydrogen-bond acceptors (Lipinski definition) is 4. The number of nitrogens with zero attached hydrogens (tertiary/aromatic N) is 3. The van der Waals surface area contributed by atoms with Gasteiger partial charge in [0, 0.05) is 18.8 Å². The minimum atomic E-state index is 0.0431. The summed E-state index contributed by atoms with van der Waals surface area (Å²) in [5.41, 5.74) is 2.98. The van der Waals surface area contributed by atoms with E-state index in [1.165, 1.54) is 0 Å². The largest absolute Gasteiger partial charge is 0.490 e. The zero-order chi connectivity index (χ0) is 17.1. The van der Waals surface area contributed by atoms with Crippen LogP contribution in [-0.2, 0) is 6.42 Å². The quantitative estimate of drug-likeness (QED) is 0.503. The standard InChI is InChI=1S/C18H18ClN3O2/c1-3-24-15-5-4-10-22-17(12(2)21-18(15)22)14(23)7-6-13-8-9-20-16(19)11-13/h4-5,8-11H,3,6-7H2,1-2H3. The molecule has 0 atom stereocenters. The molecule has 0 bridgehead atoms. The minimum absolute atomic E-state index is 0.0431. The second-order valence-electron chi connectivity index (χ2n) is 5.45. The third-order valence-corrected chi connectivity index (χ3v) is 3.99. The lowest BCUT2D eigenvalue weighted by molar-refractivity contribution is 0.0976. The summed E-state index contributed by atoms with van der Waals surface area (Å²) >= 11 is 5.89. The van der Waals surface area contributed by atoms with E-state index in [-0.39, 0.29) is 5.78 Å². The minimum Gasteiger partial charge on any atom is -0.490 e. The van der Waals surface area contributed by atoms with Crippen LogP contribution in [0.2, 0.25) is 5.15 Å². The average molecular weight is 344 g/mol. The van der Waals surface area contributed by atoms with E-state index in [1.54, 1.807) is 12.3 Å². The van der Waals surface area contributed by atoms with Gasteiger partial charge in [-0.2, -0.15) is 0 Å². The number of ether oxygens (including phenoxy) is 1. The van der Waals surface area contributed by atoms with E-state index in [2.05, 4.69) is 9.97 Å². The van der Waals surface area contributed by atoms with Gasteiger partial charge in [-0.1, -0.05) is 11.6 Å². The molecular formula is C18H18ClN3O2. The van der Waals surface area contributed by atoms with Crippen molar-refractivity contribution in [2.24, 2.45) is 0 Å². The zero-order valence-corrected chi connectivity index (χ0v) is 14.4. The first-order valence-electron chi connectivity index (χ1n) is 7.84. The van der Waals surface area contributed by atoms with E-state index < -0.39 is 0 Å². The summed E-state index contributed by atoms with van der Waals surface area (Å²) < 4.78 is 7.40. The molecule has 0 aliphatic rings. The van der Waals surface area contributed by atoms with Crippen LogP contribution in [-0.4, -0.2) is 26.8 Å². The van der Waals surface area contributed by atoms with Gasteiger partial charge >= 0.3 is 0 Å². The number of halogens is 1. The van der Waals surface area contributed by atoms with Gasteiger partial charge in [0.1, 0.15) is 10.8 Å². The summed E-state index contributed by atoms with van der Waals surface area (Å²) in [7, 11) is 0. The molecule has 5 nitrogen and oxygen atoms in total. The van der Waals surface area contributed by atoms with E-state index in [4.69, 9.17) is 16.3 Å². The van der Waals surface area contributed by atoms with Gasteiger partial charge in [0.2, 0.25) is 0 Å². The Morgan fingerprint density at radius 3 is 2.96 bits per heavy atom. The highest BCUT2D eigenvalue weighted by molar-refractivity contribution is 6.29. The van der Waals surface area contributed by atoms with Crippen molar-refractivity contribution in [3.05, 3.63) is 58.8 Å². The molecule has 124 valence electrons. The summed E-state index contributed by atoms with van der Waals surface area (Å²) in [4.78, 5) is 21.2. The summed E-state index contributed by atoms with van der Waals surface area (Å²) in [6, 6.07) is 7.37. The van der Waals surface area contributed by atoms with Crippen LogP contribution in [0.5, 0.6) is 5.75 Å². The maximum atomic E-state index is 12.7. The predicted octanol–water partition coefficient (Wildman–Crippen LogP) is 3.91. The van der Waals surface area contributed by atoms with Crippen LogP contribution < -0.4 is 4.74 Å². The van der Waals surface area contributed by atoms with Gasteiger partial charge in [0.25, 0.3) is 0 Å². The zero-order valence-electron chi connectivity index (χ0n) is 13.6. The van der Waals surface area contributed by atoms with E-state index >= 15 is 0 Å². The normalized spacial score (nSPS) is 11.0. The molecule has 0 unspecified atom stereocenters. The monoisotopic (exact) mass is 343 g/mol. The number of aromatic nitrogens is 3. The summed E-state index contributed by atoms with van der Waals surface area (Å²) in [5, 5.41) is 0.437. The smallest absolute Gasteiger partial charge is 0.181 e. The number of rotatable bonds is 6. The molecule has 0 saturated heterocycles. The molecule has 0 N–H and O–H groups in total. The van der Waals surface area contributed by atoms with Crippen molar-refractivity contribution in [2.75, 3.05) is 6.61 Å². The number of aryl methyl sites for hydroxylation is 2. The molecule has 0 saturated carbocycles. The van der Waals surface area contributed by atoms with Crippen LogP contribution in [0.25, 0.3) is 5.65 Å². The number of Topliss-reactive ketones (excluding diaryl/α,β-unsaturated/α-hetero) is 1. The third-order valence-electron chi connectivity index (χ3n) is 3.78. The van der Waals surface area contributed by atoms with Crippen LogP contribution >= 0.6 is 11.6 Å². The Balaban J connectivity index is 1.87. The first-order chi connectivity index (χ1) is 11.6. The Bertz CT molecular complexity index is 889. The Morgan fingerprint density at radius 2 is 2.21 bits per heavy atom. The highest BCUT2D eigenvalue weighted by Crippen LogP contribution is 2.23. The molecule has 3 aromatic heterocycles. The Kier molecular flexibility index (Phi) is 4.81. The van der Waals surface area contributed by atoms with E-state index in [0.29, 0.717) is 47.4 Å². The number of carbonyl (C=O) groups excluding carboxylic acids is 1. The maximum Gasteiger partial charge on any atom is 0.181 e. The molecule has 24 heavy (non-hydrogen) atoms. The van der Waals surface area contributed by atoms with Crippen LogP contribution in [0, 0.1) is 6.92 Å². The fourth-order valence-electron chi connectivity index (χ4n) is 2.73. The van der Waals surface area contributed by atoms with Gasteiger partial charge < -0.3 is 4.74 Å². The van der Waals surface area contributed by atoms with E-state index in [9.17, 15) is 4.79 Å². The average Bonchev–Trinajstić information content (AvgIpc) is 2.90. The first kappa shape index (κ1) is 16.5. The van der Waals surface area contributed by atoms with Crippen molar-refractivity contribution in [3.63, 3.8) is 0 Å². The number of hydrogen-bond donors (Lipinski definition) is 0. The molecule has 0 aromatic carbocycles. The summed E-state index contributed by atoms with van der Waals surface area (Å²) in [5.74, 6) is 0.727. The molecule has 3 rings (SSSR count). The van der Waals surface area contributed by atoms with Crippen molar-refractivity contribution in [1.29, 1.82) is 0 Å². The van der Waals surface area contributed by atoms with Gasteiger partial charge in [-0.15, -0.1) is 0 Å². The SMILES string of the molecule is CCOc1cccn2c(C(=O)CCc3ccnc(Cl)c3)c(C)nc12. The number of pyridine rings is 2. The van der Waals surface area contributed by atoms with Gasteiger partial charge in [-0.3, -0.25) is 9.20 Å². The van der Waals surface area contributed by atoms with Crippen LogP contribution in [0.15, 0.2) is 36.7 Å². The lowest BCUT2D eigenvalue weighted by atomic mass is 10.1. The van der Waals surface area contributed by atoms with Crippen molar-refractivity contribution in [2.45, 2.75) is 26.7 Å². The molecule has 0 aliphatic carbocycles. The Morgan fingerprint density at radius 1 is 1.38 bits per heavy atom. The van der Waals surface area contributed by atoms with E-state index in [0.717, 1.165) is 5.56 Å². The third kappa shape index (κ3) is 3.26. The second kappa shape index (κ2) is 7.01. The van der Waals surface area contributed by atoms with Crippen molar-refractivity contribution in [1.82, 2.24) is 14.4 Å². The maximum absolute atomic E-state index is 12.7. The lowest BCUT2D eigenvalue weighted by Gasteiger charge is -2.06. The molecule has 0 spiro atoms. The predicted molar refractivity (Wildman–Crippen MR) is 93.0 cm³/mol. The fourth-order valence-corrected chi connectivity index (χ4v) is 2.93. The molecule has 0 aliphatic heterocycles. The Labute approximate surface area is 145 Å². The number of carbonyl (C=O) groups is 1. The van der Waals surface area contributed by atoms with Crippen molar-refractivity contribution >= 4 is 23.0 Å². The number of ketones is 1. The van der Waals surface area contributed by atoms with Gasteiger partial charge in [-0.25, -0.2) is 9.97 Å². The summed E-state index contributed by atoms with van der Waals surface area (Å²) in [6.07, 6.45) is 4.48. The van der Waals surface area contributed by atoms with Crippen LogP contribution in [0.1, 0.15) is 35.1 Å². The Hall–Kier alpha value is -2.40. The topological polar surface area (TPSA) is 56.5 Å². The van der Waals surface area contributed by atoms with Gasteiger partial charge in [0.05, 0.1) is 12.3 Å². The second-order valence-corrected chi connectivity index (χ2v) is 5.84. The molecule has 3 aromatic rings. The number of fused-ring (bicyclic) bond motifs is 1. The van der Waals surface area contributed by atoms with Gasteiger partial charge in [0.15, 0.2) is 17.2 Å². The van der Waals surface area contributed by atoms with Crippen LogP contribution in [0.3, 0.4) is 0 Å².